The zero-order chi connectivity index (χ0) is 14.7. The number of fused-ring (bicyclic) bond motifs is 2. The van der Waals surface area contributed by atoms with E-state index in [0.29, 0.717) is 0 Å². The van der Waals surface area contributed by atoms with Crippen molar-refractivity contribution in [3.05, 3.63) is 48.0 Å². The lowest BCUT2D eigenvalue weighted by Gasteiger charge is -2.09. The summed E-state index contributed by atoms with van der Waals surface area (Å²) in [5.41, 5.74) is 10.2. The van der Waals surface area contributed by atoms with Crippen LogP contribution in [0.4, 0.5) is 5.69 Å². The molecule has 2 nitrogen and oxygen atoms in total. The van der Waals surface area contributed by atoms with Crippen molar-refractivity contribution in [3.63, 3.8) is 0 Å². The van der Waals surface area contributed by atoms with E-state index in [1.807, 2.05) is 12.1 Å². The van der Waals surface area contributed by atoms with Crippen molar-refractivity contribution in [1.29, 1.82) is 0 Å². The van der Waals surface area contributed by atoms with E-state index in [9.17, 15) is 0 Å². The Bertz CT molecular complexity index is 762. The molecule has 2 aromatic carbocycles. The molecule has 0 radical (unpaired) electrons. The molecule has 0 spiro atoms. The van der Waals surface area contributed by atoms with Crippen LogP contribution in [0.25, 0.3) is 21.8 Å². The van der Waals surface area contributed by atoms with Gasteiger partial charge in [-0.1, -0.05) is 50.5 Å². The van der Waals surface area contributed by atoms with Crippen molar-refractivity contribution >= 4 is 27.5 Å². The van der Waals surface area contributed by atoms with E-state index < -0.39 is 0 Å². The normalized spacial score (nSPS) is 11.3. The van der Waals surface area contributed by atoms with Crippen molar-refractivity contribution in [2.75, 3.05) is 5.73 Å². The highest BCUT2D eigenvalue weighted by Crippen LogP contribution is 2.26. The summed E-state index contributed by atoms with van der Waals surface area (Å²) in [7, 11) is 0. The lowest BCUT2D eigenvalue weighted by Crippen LogP contribution is -1.93. The largest absolute Gasteiger partial charge is 0.397 e. The van der Waals surface area contributed by atoms with E-state index in [2.05, 4.69) is 37.3 Å². The first-order valence-corrected chi connectivity index (χ1v) is 7.86. The van der Waals surface area contributed by atoms with Crippen LogP contribution in [0.2, 0.25) is 0 Å². The summed E-state index contributed by atoms with van der Waals surface area (Å²) in [4.78, 5) is 4.76. The Morgan fingerprint density at radius 3 is 2.71 bits per heavy atom. The van der Waals surface area contributed by atoms with Gasteiger partial charge in [0.25, 0.3) is 0 Å². The lowest BCUT2D eigenvalue weighted by molar-refractivity contribution is 0.668. The first-order valence-electron chi connectivity index (χ1n) is 7.86. The summed E-state index contributed by atoms with van der Waals surface area (Å²) in [6.45, 7) is 2.25. The van der Waals surface area contributed by atoms with Crippen LogP contribution in [0.3, 0.4) is 0 Å². The van der Waals surface area contributed by atoms with Crippen molar-refractivity contribution in [3.8, 4) is 0 Å². The number of aryl methyl sites for hydroxylation is 1. The molecular formula is C19H22N2. The first-order chi connectivity index (χ1) is 10.3. The molecule has 2 heteroatoms. The molecule has 1 heterocycles. The molecule has 0 fully saturated rings. The van der Waals surface area contributed by atoms with E-state index in [-0.39, 0.29) is 0 Å². The third-order valence-electron chi connectivity index (χ3n) is 4.10. The van der Waals surface area contributed by atoms with Gasteiger partial charge in [0, 0.05) is 10.8 Å². The smallest absolute Gasteiger partial charge is 0.0938 e. The number of aromatic nitrogens is 1. The van der Waals surface area contributed by atoms with Crippen LogP contribution in [-0.2, 0) is 6.42 Å². The van der Waals surface area contributed by atoms with Gasteiger partial charge in [-0.2, -0.15) is 0 Å². The van der Waals surface area contributed by atoms with Crippen molar-refractivity contribution in [2.45, 2.75) is 39.0 Å². The fourth-order valence-corrected chi connectivity index (χ4v) is 2.93. The van der Waals surface area contributed by atoms with Gasteiger partial charge in [0.2, 0.25) is 0 Å². The molecule has 3 aromatic rings. The maximum absolute atomic E-state index is 6.04. The van der Waals surface area contributed by atoms with Crippen molar-refractivity contribution < 1.29 is 0 Å². The second-order valence-electron chi connectivity index (χ2n) is 5.70. The van der Waals surface area contributed by atoms with Crippen molar-refractivity contribution in [1.82, 2.24) is 4.98 Å². The van der Waals surface area contributed by atoms with Crippen LogP contribution in [-0.4, -0.2) is 4.98 Å². The Morgan fingerprint density at radius 1 is 1.00 bits per heavy atom. The van der Waals surface area contributed by atoms with E-state index in [1.54, 1.807) is 0 Å². The van der Waals surface area contributed by atoms with Crippen LogP contribution in [0, 0.1) is 0 Å². The van der Waals surface area contributed by atoms with Gasteiger partial charge in [-0.3, -0.25) is 0 Å². The molecule has 0 bridgehead atoms. The van der Waals surface area contributed by atoms with Gasteiger partial charge in [0.15, 0.2) is 0 Å². The number of nitrogens with zero attached hydrogens (tertiary/aromatic N) is 1. The molecule has 0 saturated carbocycles. The zero-order valence-corrected chi connectivity index (χ0v) is 12.6. The second-order valence-corrected chi connectivity index (χ2v) is 5.70. The number of nitrogen functional groups attached to an aromatic ring is 1. The van der Waals surface area contributed by atoms with Crippen molar-refractivity contribution in [2.24, 2.45) is 0 Å². The predicted octanol–water partition coefficient (Wildman–Crippen LogP) is 5.09. The SMILES string of the molecule is CCCCCCc1cccc2nc3c(N)cccc3cc12. The molecule has 3 rings (SSSR count). The third-order valence-corrected chi connectivity index (χ3v) is 4.10. The fraction of sp³-hybridized carbons (Fsp3) is 0.316. The Labute approximate surface area is 126 Å². The molecule has 0 atom stereocenters. The lowest BCUT2D eigenvalue weighted by atomic mass is 10.00. The maximum Gasteiger partial charge on any atom is 0.0938 e. The highest BCUT2D eigenvalue weighted by Gasteiger charge is 2.06. The number of hydrogen-bond acceptors (Lipinski definition) is 2. The van der Waals surface area contributed by atoms with Gasteiger partial charge in [-0.15, -0.1) is 0 Å². The number of unbranched alkanes of at least 4 members (excludes halogenated alkanes) is 3. The molecule has 0 aliphatic rings. The van der Waals surface area contributed by atoms with Gasteiger partial charge in [-0.25, -0.2) is 4.98 Å². The molecule has 108 valence electrons. The number of hydrogen-bond donors (Lipinski definition) is 1. The summed E-state index contributed by atoms with van der Waals surface area (Å²) in [5.74, 6) is 0. The number of anilines is 1. The molecule has 0 aliphatic carbocycles. The summed E-state index contributed by atoms with van der Waals surface area (Å²) in [5, 5.41) is 2.40. The van der Waals surface area contributed by atoms with Crippen LogP contribution in [0.5, 0.6) is 0 Å². The minimum atomic E-state index is 0.753. The minimum Gasteiger partial charge on any atom is -0.397 e. The Morgan fingerprint density at radius 2 is 1.86 bits per heavy atom. The van der Waals surface area contributed by atoms with E-state index in [0.717, 1.165) is 28.5 Å². The number of rotatable bonds is 5. The average Bonchev–Trinajstić information content (AvgIpc) is 2.51. The highest BCUT2D eigenvalue weighted by molar-refractivity contribution is 5.98. The number of benzene rings is 2. The van der Waals surface area contributed by atoms with Gasteiger partial charge in [0.1, 0.15) is 0 Å². The fourth-order valence-electron chi connectivity index (χ4n) is 2.93. The van der Waals surface area contributed by atoms with E-state index in [1.165, 1.54) is 36.6 Å². The molecule has 21 heavy (non-hydrogen) atoms. The monoisotopic (exact) mass is 278 g/mol. The minimum absolute atomic E-state index is 0.753. The van der Waals surface area contributed by atoms with Gasteiger partial charge in [0.05, 0.1) is 16.7 Å². The molecule has 0 aliphatic heterocycles. The molecule has 0 saturated heterocycles. The Kier molecular flexibility index (Phi) is 4.05. The standard InChI is InChI=1S/C19H22N2/c1-2-3-4-5-8-14-9-7-12-18-16(14)13-15-10-6-11-17(20)19(15)21-18/h6-7,9-13H,2-5,8,20H2,1H3. The first kappa shape index (κ1) is 13.9. The number of pyridine rings is 1. The van der Waals surface area contributed by atoms with Crippen LogP contribution in [0.1, 0.15) is 38.2 Å². The summed E-state index contributed by atoms with van der Waals surface area (Å²) in [6, 6.07) is 14.7. The summed E-state index contributed by atoms with van der Waals surface area (Å²) in [6.07, 6.45) is 6.29. The van der Waals surface area contributed by atoms with E-state index in [4.69, 9.17) is 10.7 Å². The Balaban J connectivity index is 2.02. The molecule has 0 unspecified atom stereocenters. The summed E-state index contributed by atoms with van der Waals surface area (Å²) >= 11 is 0. The zero-order valence-electron chi connectivity index (χ0n) is 12.6. The topological polar surface area (TPSA) is 38.9 Å². The molecular weight excluding hydrogens is 256 g/mol. The maximum atomic E-state index is 6.04. The van der Waals surface area contributed by atoms with Gasteiger partial charge in [-0.05, 0) is 36.6 Å². The van der Waals surface area contributed by atoms with Gasteiger partial charge >= 0.3 is 0 Å². The van der Waals surface area contributed by atoms with Crippen LogP contribution in [0.15, 0.2) is 42.5 Å². The second kappa shape index (κ2) is 6.13. The molecule has 2 N–H and O–H groups in total. The summed E-state index contributed by atoms with van der Waals surface area (Å²) < 4.78 is 0. The highest BCUT2D eigenvalue weighted by atomic mass is 14.7. The molecule has 1 aromatic heterocycles. The average molecular weight is 278 g/mol. The predicted molar refractivity (Wildman–Crippen MR) is 91.5 cm³/mol. The van der Waals surface area contributed by atoms with Crippen LogP contribution >= 0.6 is 0 Å². The Hall–Kier alpha value is -2.09. The van der Waals surface area contributed by atoms with E-state index >= 15 is 0 Å². The van der Waals surface area contributed by atoms with Crippen LogP contribution < -0.4 is 5.73 Å². The molecule has 0 amide bonds. The third kappa shape index (κ3) is 2.85. The quantitative estimate of drug-likeness (QED) is 0.401. The van der Waals surface area contributed by atoms with Gasteiger partial charge < -0.3 is 5.73 Å². The number of para-hydroxylation sites is 1. The number of nitrogens with two attached hydrogens (primary N) is 1.